The van der Waals surface area contributed by atoms with E-state index in [4.69, 9.17) is 0 Å². The maximum absolute atomic E-state index is 11.7. The molecule has 0 saturated carbocycles. The molecule has 1 aromatic carbocycles. The van der Waals surface area contributed by atoms with Crippen molar-refractivity contribution < 1.29 is 4.79 Å². The lowest BCUT2D eigenvalue weighted by atomic mass is 10.2. The Morgan fingerprint density at radius 1 is 1.17 bits per heavy atom. The number of urea groups is 1. The van der Waals surface area contributed by atoms with Crippen molar-refractivity contribution in [2.45, 2.75) is 32.7 Å². The molecule has 4 heteroatoms. The monoisotopic (exact) mass is 249 g/mol. The first kappa shape index (κ1) is 14.4. The van der Waals surface area contributed by atoms with Gasteiger partial charge in [-0.15, -0.1) is 0 Å². The van der Waals surface area contributed by atoms with Gasteiger partial charge in [-0.25, -0.2) is 4.79 Å². The molecule has 0 fully saturated rings. The van der Waals surface area contributed by atoms with Crippen LogP contribution >= 0.6 is 0 Å². The standard InChI is InChI=1S/C14H23N3O/c1-5-11(6-2)15-14(18)16-12-7-9-13(10-8-12)17(3)4/h7-11H,5-6H2,1-4H3,(H2,15,16,18). The van der Waals surface area contributed by atoms with Gasteiger partial charge in [0.15, 0.2) is 0 Å². The van der Waals surface area contributed by atoms with Crippen molar-refractivity contribution in [1.29, 1.82) is 0 Å². The van der Waals surface area contributed by atoms with E-state index in [0.717, 1.165) is 24.2 Å². The van der Waals surface area contributed by atoms with Gasteiger partial charge in [-0.3, -0.25) is 0 Å². The van der Waals surface area contributed by atoms with Crippen molar-refractivity contribution in [3.05, 3.63) is 24.3 Å². The first-order valence-corrected chi connectivity index (χ1v) is 6.41. The van der Waals surface area contributed by atoms with Crippen LogP contribution in [0.15, 0.2) is 24.3 Å². The average Bonchev–Trinajstić information content (AvgIpc) is 2.36. The second kappa shape index (κ2) is 6.89. The number of carbonyl (C=O) groups is 1. The zero-order valence-electron chi connectivity index (χ0n) is 11.7. The molecule has 4 nitrogen and oxygen atoms in total. The Hall–Kier alpha value is -1.71. The minimum Gasteiger partial charge on any atom is -0.378 e. The summed E-state index contributed by atoms with van der Waals surface area (Å²) in [5.74, 6) is 0. The number of nitrogens with zero attached hydrogens (tertiary/aromatic N) is 1. The van der Waals surface area contributed by atoms with Crippen molar-refractivity contribution in [2.24, 2.45) is 0 Å². The Bertz CT molecular complexity index is 369. The van der Waals surface area contributed by atoms with Crippen molar-refractivity contribution >= 4 is 17.4 Å². The molecule has 1 aromatic rings. The highest BCUT2D eigenvalue weighted by atomic mass is 16.2. The van der Waals surface area contributed by atoms with Crippen LogP contribution in [0.2, 0.25) is 0 Å². The maximum atomic E-state index is 11.7. The molecule has 0 aromatic heterocycles. The summed E-state index contributed by atoms with van der Waals surface area (Å²) < 4.78 is 0. The Morgan fingerprint density at radius 3 is 2.17 bits per heavy atom. The van der Waals surface area contributed by atoms with Gasteiger partial charge < -0.3 is 15.5 Å². The molecule has 0 heterocycles. The fourth-order valence-corrected chi connectivity index (χ4v) is 1.69. The number of benzene rings is 1. The molecule has 0 saturated heterocycles. The molecule has 0 spiro atoms. The van der Waals surface area contributed by atoms with Crippen molar-refractivity contribution in [3.63, 3.8) is 0 Å². The number of amides is 2. The fourth-order valence-electron chi connectivity index (χ4n) is 1.69. The van der Waals surface area contributed by atoms with Gasteiger partial charge in [0, 0.05) is 31.5 Å². The van der Waals surface area contributed by atoms with Crippen LogP contribution in [-0.2, 0) is 0 Å². The molecule has 100 valence electrons. The number of nitrogens with one attached hydrogen (secondary N) is 2. The van der Waals surface area contributed by atoms with E-state index in [1.165, 1.54) is 0 Å². The fraction of sp³-hybridized carbons (Fsp3) is 0.500. The molecule has 1 rings (SSSR count). The third kappa shape index (κ3) is 4.28. The van der Waals surface area contributed by atoms with E-state index in [1.54, 1.807) is 0 Å². The van der Waals surface area contributed by atoms with Crippen LogP contribution in [-0.4, -0.2) is 26.2 Å². The predicted octanol–water partition coefficient (Wildman–Crippen LogP) is 3.06. The molecule has 0 bridgehead atoms. The molecule has 18 heavy (non-hydrogen) atoms. The summed E-state index contributed by atoms with van der Waals surface area (Å²) in [6, 6.07) is 7.87. The number of anilines is 2. The topological polar surface area (TPSA) is 44.4 Å². The second-order valence-electron chi connectivity index (χ2n) is 4.55. The van der Waals surface area contributed by atoms with Crippen LogP contribution in [0.1, 0.15) is 26.7 Å². The maximum Gasteiger partial charge on any atom is 0.319 e. The van der Waals surface area contributed by atoms with Gasteiger partial charge in [0.25, 0.3) is 0 Å². The number of carbonyl (C=O) groups excluding carboxylic acids is 1. The lowest BCUT2D eigenvalue weighted by Crippen LogP contribution is -2.37. The van der Waals surface area contributed by atoms with Crippen LogP contribution in [0.5, 0.6) is 0 Å². The number of rotatable bonds is 5. The molecular weight excluding hydrogens is 226 g/mol. The van der Waals surface area contributed by atoms with Gasteiger partial charge in [-0.1, -0.05) is 13.8 Å². The molecular formula is C14H23N3O. The third-order valence-electron chi connectivity index (χ3n) is 2.96. The van der Waals surface area contributed by atoms with Crippen LogP contribution in [0.25, 0.3) is 0 Å². The lowest BCUT2D eigenvalue weighted by Gasteiger charge is -2.16. The summed E-state index contributed by atoms with van der Waals surface area (Å²) >= 11 is 0. The van der Waals surface area contributed by atoms with E-state index in [2.05, 4.69) is 24.5 Å². The van der Waals surface area contributed by atoms with Gasteiger partial charge in [0.2, 0.25) is 0 Å². The number of hydrogen-bond donors (Lipinski definition) is 2. The molecule has 0 unspecified atom stereocenters. The van der Waals surface area contributed by atoms with E-state index in [-0.39, 0.29) is 12.1 Å². The van der Waals surface area contributed by atoms with Crippen LogP contribution < -0.4 is 15.5 Å². The van der Waals surface area contributed by atoms with E-state index >= 15 is 0 Å². The zero-order chi connectivity index (χ0) is 13.5. The third-order valence-corrected chi connectivity index (χ3v) is 2.96. The van der Waals surface area contributed by atoms with Crippen molar-refractivity contribution in [1.82, 2.24) is 5.32 Å². The van der Waals surface area contributed by atoms with Crippen LogP contribution in [0, 0.1) is 0 Å². The molecule has 2 N–H and O–H groups in total. The second-order valence-corrected chi connectivity index (χ2v) is 4.55. The molecule has 0 radical (unpaired) electrons. The number of hydrogen-bond acceptors (Lipinski definition) is 2. The zero-order valence-corrected chi connectivity index (χ0v) is 11.7. The smallest absolute Gasteiger partial charge is 0.319 e. The minimum absolute atomic E-state index is 0.138. The largest absolute Gasteiger partial charge is 0.378 e. The van der Waals surface area contributed by atoms with E-state index < -0.39 is 0 Å². The summed E-state index contributed by atoms with van der Waals surface area (Å²) in [5, 5.41) is 5.78. The highest BCUT2D eigenvalue weighted by molar-refractivity contribution is 5.89. The molecule has 0 aliphatic heterocycles. The van der Waals surface area contributed by atoms with Gasteiger partial charge in [-0.2, -0.15) is 0 Å². The summed E-state index contributed by atoms with van der Waals surface area (Å²) in [6.45, 7) is 4.14. The Labute approximate surface area is 109 Å². The van der Waals surface area contributed by atoms with E-state index in [1.807, 2.05) is 43.3 Å². The minimum atomic E-state index is -0.138. The van der Waals surface area contributed by atoms with Gasteiger partial charge in [-0.05, 0) is 37.1 Å². The first-order valence-electron chi connectivity index (χ1n) is 6.41. The van der Waals surface area contributed by atoms with Crippen molar-refractivity contribution in [3.8, 4) is 0 Å². The molecule has 0 aliphatic carbocycles. The summed E-state index contributed by atoms with van der Waals surface area (Å²) in [5.41, 5.74) is 1.92. The van der Waals surface area contributed by atoms with Gasteiger partial charge in [0.1, 0.15) is 0 Å². The Morgan fingerprint density at radius 2 is 1.72 bits per heavy atom. The lowest BCUT2D eigenvalue weighted by molar-refractivity contribution is 0.247. The molecule has 0 aliphatic rings. The quantitative estimate of drug-likeness (QED) is 0.842. The summed E-state index contributed by atoms with van der Waals surface area (Å²) in [6.07, 6.45) is 1.90. The molecule has 0 atom stereocenters. The normalized spacial score (nSPS) is 10.3. The SMILES string of the molecule is CCC(CC)NC(=O)Nc1ccc(N(C)C)cc1. The van der Waals surface area contributed by atoms with Gasteiger partial charge in [0.05, 0.1) is 0 Å². The van der Waals surface area contributed by atoms with Crippen LogP contribution in [0.4, 0.5) is 16.2 Å². The van der Waals surface area contributed by atoms with Gasteiger partial charge >= 0.3 is 6.03 Å². The first-order chi connectivity index (χ1) is 8.56. The van der Waals surface area contributed by atoms with Crippen molar-refractivity contribution in [2.75, 3.05) is 24.3 Å². The summed E-state index contributed by atoms with van der Waals surface area (Å²) in [4.78, 5) is 13.7. The molecule has 2 amide bonds. The predicted molar refractivity (Wildman–Crippen MR) is 77.3 cm³/mol. The Kier molecular flexibility index (Phi) is 5.49. The summed E-state index contributed by atoms with van der Waals surface area (Å²) in [7, 11) is 3.98. The highest BCUT2D eigenvalue weighted by Crippen LogP contribution is 2.15. The average molecular weight is 249 g/mol. The van der Waals surface area contributed by atoms with E-state index in [0.29, 0.717) is 0 Å². The Balaban J connectivity index is 2.54. The highest BCUT2D eigenvalue weighted by Gasteiger charge is 2.07. The van der Waals surface area contributed by atoms with Crippen LogP contribution in [0.3, 0.4) is 0 Å². The van der Waals surface area contributed by atoms with E-state index in [9.17, 15) is 4.79 Å².